The Morgan fingerprint density at radius 3 is 2.28 bits per heavy atom. The summed E-state index contributed by atoms with van der Waals surface area (Å²) in [7, 11) is 0. The molecule has 0 saturated heterocycles. The van der Waals surface area contributed by atoms with Crippen LogP contribution in [0, 0.1) is 0 Å². The molecule has 0 bridgehead atoms. The number of nitrogens with zero attached hydrogens (tertiary/aromatic N) is 2. The van der Waals surface area contributed by atoms with Gasteiger partial charge in [-0.2, -0.15) is 0 Å². The Hall–Kier alpha value is -2.95. The molecular weight excluding hydrogens is 316 g/mol. The predicted molar refractivity (Wildman–Crippen MR) is 94.1 cm³/mol. The van der Waals surface area contributed by atoms with E-state index in [4.69, 9.17) is 9.15 Å². The molecular formula is C20H20N2O3. The molecule has 0 radical (unpaired) electrons. The number of hydrogen-bond donors (Lipinski definition) is 0. The maximum Gasteiger partial charge on any atom is 0.338 e. The number of carbonyl (C=O) groups is 1. The second kappa shape index (κ2) is 7.30. The van der Waals surface area contributed by atoms with E-state index in [0.29, 0.717) is 17.4 Å². The van der Waals surface area contributed by atoms with Crippen molar-refractivity contribution in [3.63, 3.8) is 0 Å². The van der Waals surface area contributed by atoms with Gasteiger partial charge in [0.05, 0.1) is 5.56 Å². The molecule has 5 heteroatoms. The van der Waals surface area contributed by atoms with Gasteiger partial charge in [-0.15, -0.1) is 10.2 Å². The highest BCUT2D eigenvalue weighted by Crippen LogP contribution is 2.23. The van der Waals surface area contributed by atoms with Crippen molar-refractivity contribution < 1.29 is 13.9 Å². The van der Waals surface area contributed by atoms with Crippen molar-refractivity contribution in [2.45, 2.75) is 32.8 Å². The van der Waals surface area contributed by atoms with E-state index in [-0.39, 0.29) is 5.89 Å². The van der Waals surface area contributed by atoms with E-state index in [0.717, 1.165) is 5.56 Å². The van der Waals surface area contributed by atoms with Crippen LogP contribution in [-0.2, 0) is 4.74 Å². The normalized spacial score (nSPS) is 12.2. The Bertz CT molecular complexity index is 839. The lowest BCUT2D eigenvalue weighted by molar-refractivity contribution is 0.0280. The molecule has 3 rings (SSSR count). The third kappa shape index (κ3) is 3.94. The number of benzene rings is 2. The van der Waals surface area contributed by atoms with Crippen LogP contribution in [0.4, 0.5) is 0 Å². The molecule has 2 aromatic carbocycles. The van der Waals surface area contributed by atoms with Gasteiger partial charge in [-0.25, -0.2) is 4.79 Å². The molecule has 3 aromatic rings. The molecule has 25 heavy (non-hydrogen) atoms. The fourth-order valence-electron chi connectivity index (χ4n) is 2.38. The Labute approximate surface area is 146 Å². The molecule has 0 unspecified atom stereocenters. The molecule has 0 fully saturated rings. The molecule has 0 amide bonds. The molecule has 0 aliphatic carbocycles. The summed E-state index contributed by atoms with van der Waals surface area (Å²) in [5, 5.41) is 7.99. The SMILES string of the molecule is CC(C)c1ccc(C(=O)O[C@@H](C)c2nnc(-c3ccccc3)o2)cc1. The van der Waals surface area contributed by atoms with Crippen LogP contribution in [0.1, 0.15) is 54.6 Å². The molecule has 5 nitrogen and oxygen atoms in total. The van der Waals surface area contributed by atoms with Gasteiger partial charge in [-0.1, -0.05) is 44.2 Å². The largest absolute Gasteiger partial charge is 0.449 e. The van der Waals surface area contributed by atoms with Gasteiger partial charge in [0.15, 0.2) is 6.10 Å². The molecule has 1 aromatic heterocycles. The average Bonchev–Trinajstić information content (AvgIpc) is 3.13. The number of aromatic nitrogens is 2. The lowest BCUT2D eigenvalue weighted by atomic mass is 10.0. The van der Waals surface area contributed by atoms with Crippen molar-refractivity contribution in [2.24, 2.45) is 0 Å². The summed E-state index contributed by atoms with van der Waals surface area (Å²) >= 11 is 0. The fraction of sp³-hybridized carbons (Fsp3) is 0.250. The van der Waals surface area contributed by atoms with Crippen LogP contribution in [0.5, 0.6) is 0 Å². The smallest absolute Gasteiger partial charge is 0.338 e. The van der Waals surface area contributed by atoms with E-state index in [1.807, 2.05) is 42.5 Å². The van der Waals surface area contributed by atoms with Gasteiger partial charge in [0, 0.05) is 5.56 Å². The minimum Gasteiger partial charge on any atom is -0.449 e. The minimum absolute atomic E-state index is 0.269. The molecule has 1 atom stereocenters. The summed E-state index contributed by atoms with van der Waals surface area (Å²) < 4.78 is 11.1. The topological polar surface area (TPSA) is 65.2 Å². The molecule has 0 saturated carbocycles. The van der Waals surface area contributed by atoms with Crippen LogP contribution < -0.4 is 0 Å². The molecule has 1 heterocycles. The standard InChI is InChI=1S/C20H20N2O3/c1-13(2)15-9-11-17(12-10-15)20(23)24-14(3)18-21-22-19(25-18)16-7-5-4-6-8-16/h4-14H,1-3H3/t14-/m0/s1. The summed E-state index contributed by atoms with van der Waals surface area (Å²) in [5.41, 5.74) is 2.50. The number of carbonyl (C=O) groups excluding carboxylic acids is 1. The van der Waals surface area contributed by atoms with Crippen molar-refractivity contribution in [3.8, 4) is 11.5 Å². The zero-order valence-electron chi connectivity index (χ0n) is 14.5. The highest BCUT2D eigenvalue weighted by atomic mass is 16.6. The average molecular weight is 336 g/mol. The van der Waals surface area contributed by atoms with Gasteiger partial charge in [0.2, 0.25) is 5.89 Å². The second-order valence-corrected chi connectivity index (χ2v) is 6.14. The zero-order chi connectivity index (χ0) is 17.8. The van der Waals surface area contributed by atoms with E-state index < -0.39 is 12.1 Å². The second-order valence-electron chi connectivity index (χ2n) is 6.14. The Morgan fingerprint density at radius 2 is 1.64 bits per heavy atom. The molecule has 128 valence electrons. The van der Waals surface area contributed by atoms with Crippen LogP contribution in [0.15, 0.2) is 59.0 Å². The highest BCUT2D eigenvalue weighted by molar-refractivity contribution is 5.89. The highest BCUT2D eigenvalue weighted by Gasteiger charge is 2.20. The van der Waals surface area contributed by atoms with Crippen molar-refractivity contribution >= 4 is 5.97 Å². The van der Waals surface area contributed by atoms with E-state index in [1.165, 1.54) is 5.56 Å². The van der Waals surface area contributed by atoms with Gasteiger partial charge in [-0.05, 0) is 42.7 Å². The summed E-state index contributed by atoms with van der Waals surface area (Å²) in [6.45, 7) is 5.92. The lowest BCUT2D eigenvalue weighted by Crippen LogP contribution is -2.09. The maximum atomic E-state index is 12.3. The Morgan fingerprint density at radius 1 is 0.960 bits per heavy atom. The van der Waals surface area contributed by atoms with E-state index >= 15 is 0 Å². The van der Waals surface area contributed by atoms with E-state index in [2.05, 4.69) is 24.0 Å². The molecule has 0 N–H and O–H groups in total. The summed E-state index contributed by atoms with van der Waals surface area (Å²) in [6, 6.07) is 16.9. The number of rotatable bonds is 5. The zero-order valence-corrected chi connectivity index (χ0v) is 14.5. The van der Waals surface area contributed by atoms with Crippen LogP contribution >= 0.6 is 0 Å². The van der Waals surface area contributed by atoms with Crippen LogP contribution in [0.2, 0.25) is 0 Å². The summed E-state index contributed by atoms with van der Waals surface area (Å²) in [4.78, 5) is 12.3. The van der Waals surface area contributed by atoms with Crippen molar-refractivity contribution in [2.75, 3.05) is 0 Å². The quantitative estimate of drug-likeness (QED) is 0.627. The first kappa shape index (κ1) is 16.9. The van der Waals surface area contributed by atoms with Gasteiger partial charge < -0.3 is 9.15 Å². The first-order valence-corrected chi connectivity index (χ1v) is 8.24. The molecule has 0 aliphatic rings. The predicted octanol–water partition coefficient (Wildman–Crippen LogP) is 4.78. The van der Waals surface area contributed by atoms with Gasteiger partial charge in [0.25, 0.3) is 5.89 Å². The van der Waals surface area contributed by atoms with Gasteiger partial charge >= 0.3 is 5.97 Å². The Kier molecular flexibility index (Phi) is 4.93. The third-order valence-corrected chi connectivity index (χ3v) is 3.91. The maximum absolute atomic E-state index is 12.3. The third-order valence-electron chi connectivity index (χ3n) is 3.91. The Balaban J connectivity index is 1.68. The van der Waals surface area contributed by atoms with Gasteiger partial charge in [-0.3, -0.25) is 0 Å². The number of hydrogen-bond acceptors (Lipinski definition) is 5. The summed E-state index contributed by atoms with van der Waals surface area (Å²) in [5.74, 6) is 0.673. The fourth-order valence-corrected chi connectivity index (χ4v) is 2.38. The van der Waals surface area contributed by atoms with Crippen molar-refractivity contribution in [3.05, 3.63) is 71.6 Å². The summed E-state index contributed by atoms with van der Waals surface area (Å²) in [6.07, 6.45) is -0.623. The minimum atomic E-state index is -0.623. The first-order chi connectivity index (χ1) is 12.0. The molecule has 0 aliphatic heterocycles. The molecule has 0 spiro atoms. The number of ether oxygens (including phenoxy) is 1. The van der Waals surface area contributed by atoms with E-state index in [9.17, 15) is 4.79 Å². The van der Waals surface area contributed by atoms with Crippen molar-refractivity contribution in [1.82, 2.24) is 10.2 Å². The van der Waals surface area contributed by atoms with Crippen LogP contribution in [0.25, 0.3) is 11.5 Å². The monoisotopic (exact) mass is 336 g/mol. The first-order valence-electron chi connectivity index (χ1n) is 8.24. The van der Waals surface area contributed by atoms with Crippen molar-refractivity contribution in [1.29, 1.82) is 0 Å². The van der Waals surface area contributed by atoms with Gasteiger partial charge in [0.1, 0.15) is 0 Å². The lowest BCUT2D eigenvalue weighted by Gasteiger charge is -2.10. The van der Waals surface area contributed by atoms with Crippen LogP contribution in [0.3, 0.4) is 0 Å². The number of esters is 1. The van der Waals surface area contributed by atoms with E-state index in [1.54, 1.807) is 19.1 Å². The van der Waals surface area contributed by atoms with Crippen LogP contribution in [-0.4, -0.2) is 16.2 Å².